The molecule has 0 unspecified atom stereocenters. The van der Waals surface area contributed by atoms with Crippen molar-refractivity contribution in [3.8, 4) is 5.75 Å². The van der Waals surface area contributed by atoms with Gasteiger partial charge in [-0.3, -0.25) is 4.79 Å². The number of amides is 1. The third-order valence-electron chi connectivity index (χ3n) is 3.15. The van der Waals surface area contributed by atoms with Crippen molar-refractivity contribution in [2.75, 3.05) is 5.32 Å². The van der Waals surface area contributed by atoms with E-state index in [1.165, 1.54) is 0 Å². The largest absolute Gasteiger partial charge is 0.507 e. The predicted molar refractivity (Wildman–Crippen MR) is 85.5 cm³/mol. The fourth-order valence-electron chi connectivity index (χ4n) is 2.15. The minimum atomic E-state index is -0.259. The van der Waals surface area contributed by atoms with Crippen LogP contribution in [0.2, 0.25) is 0 Å². The van der Waals surface area contributed by atoms with Gasteiger partial charge in [-0.25, -0.2) is 4.98 Å². The molecule has 0 saturated carbocycles. The quantitative estimate of drug-likeness (QED) is 0.693. The summed E-state index contributed by atoms with van der Waals surface area (Å²) >= 11 is 3.26. The van der Waals surface area contributed by atoms with E-state index in [-0.39, 0.29) is 11.7 Å². The number of fused-ring (bicyclic) bond motifs is 1. The van der Waals surface area contributed by atoms with Gasteiger partial charge in [-0.1, -0.05) is 24.3 Å². The Morgan fingerprint density at radius 2 is 1.81 bits per heavy atom. The standard InChI is InChI=1S/C16H11BrN2O2/c17-15-12(6-3-9-18-15)16(21)19-13-7-1-5-11-10(13)4-2-8-14(11)20/h1-9,20H,(H,19,21). The summed E-state index contributed by atoms with van der Waals surface area (Å²) in [6, 6.07) is 14.0. The summed E-state index contributed by atoms with van der Waals surface area (Å²) in [7, 11) is 0. The molecular weight excluding hydrogens is 332 g/mol. The highest BCUT2D eigenvalue weighted by Crippen LogP contribution is 2.30. The third-order valence-corrected chi connectivity index (χ3v) is 3.78. The predicted octanol–water partition coefficient (Wildman–Crippen LogP) is 3.96. The summed E-state index contributed by atoms with van der Waals surface area (Å²) in [5.74, 6) is -0.0722. The number of hydrogen-bond acceptors (Lipinski definition) is 3. The highest BCUT2D eigenvalue weighted by atomic mass is 79.9. The van der Waals surface area contributed by atoms with E-state index in [1.54, 1.807) is 48.7 Å². The van der Waals surface area contributed by atoms with Crippen LogP contribution in [-0.4, -0.2) is 16.0 Å². The van der Waals surface area contributed by atoms with Gasteiger partial charge in [0.15, 0.2) is 0 Å². The minimum absolute atomic E-state index is 0.186. The number of phenols is 1. The fourth-order valence-corrected chi connectivity index (χ4v) is 2.58. The maximum absolute atomic E-state index is 12.3. The zero-order chi connectivity index (χ0) is 14.8. The smallest absolute Gasteiger partial charge is 0.258 e. The summed E-state index contributed by atoms with van der Waals surface area (Å²) in [6.07, 6.45) is 1.61. The number of anilines is 1. The third kappa shape index (κ3) is 2.60. The molecule has 0 radical (unpaired) electrons. The Kier molecular flexibility index (Phi) is 3.58. The number of halogens is 1. The molecule has 3 aromatic rings. The number of aromatic hydroxyl groups is 1. The van der Waals surface area contributed by atoms with E-state index < -0.39 is 0 Å². The van der Waals surface area contributed by atoms with E-state index in [0.717, 1.165) is 5.39 Å². The first-order valence-electron chi connectivity index (χ1n) is 6.29. The Morgan fingerprint density at radius 3 is 2.62 bits per heavy atom. The van der Waals surface area contributed by atoms with Crippen LogP contribution in [0.1, 0.15) is 10.4 Å². The van der Waals surface area contributed by atoms with E-state index in [9.17, 15) is 9.90 Å². The lowest BCUT2D eigenvalue weighted by molar-refractivity contribution is 0.102. The first-order chi connectivity index (χ1) is 10.2. The van der Waals surface area contributed by atoms with Crippen molar-refractivity contribution in [2.24, 2.45) is 0 Å². The number of rotatable bonds is 2. The molecular formula is C16H11BrN2O2. The van der Waals surface area contributed by atoms with Crippen LogP contribution in [0.4, 0.5) is 5.69 Å². The number of pyridine rings is 1. The van der Waals surface area contributed by atoms with Crippen LogP contribution in [-0.2, 0) is 0 Å². The molecule has 104 valence electrons. The summed E-state index contributed by atoms with van der Waals surface area (Å²) in [5.41, 5.74) is 1.10. The van der Waals surface area contributed by atoms with Gasteiger partial charge in [0.1, 0.15) is 10.4 Å². The number of aromatic nitrogens is 1. The van der Waals surface area contributed by atoms with Crippen LogP contribution < -0.4 is 5.32 Å². The van der Waals surface area contributed by atoms with E-state index in [4.69, 9.17) is 0 Å². The van der Waals surface area contributed by atoms with Gasteiger partial charge >= 0.3 is 0 Å². The molecule has 0 bridgehead atoms. The SMILES string of the molecule is O=C(Nc1cccc2c(O)cccc12)c1cccnc1Br. The summed E-state index contributed by atoms with van der Waals surface area (Å²) in [6.45, 7) is 0. The van der Waals surface area contributed by atoms with Crippen molar-refractivity contribution < 1.29 is 9.90 Å². The van der Waals surface area contributed by atoms with Crippen molar-refractivity contribution in [1.82, 2.24) is 4.98 Å². The fraction of sp³-hybridized carbons (Fsp3) is 0. The number of carbonyl (C=O) groups is 1. The van der Waals surface area contributed by atoms with Crippen LogP contribution in [0, 0.1) is 0 Å². The van der Waals surface area contributed by atoms with Gasteiger partial charge in [-0.05, 0) is 40.2 Å². The number of carbonyl (C=O) groups excluding carboxylic acids is 1. The molecule has 1 heterocycles. The second-order valence-corrected chi connectivity index (χ2v) is 5.22. The van der Waals surface area contributed by atoms with E-state index in [0.29, 0.717) is 21.2 Å². The molecule has 2 aromatic carbocycles. The van der Waals surface area contributed by atoms with Gasteiger partial charge in [-0.2, -0.15) is 0 Å². The van der Waals surface area contributed by atoms with Crippen LogP contribution >= 0.6 is 15.9 Å². The van der Waals surface area contributed by atoms with Gasteiger partial charge < -0.3 is 10.4 Å². The molecule has 1 aromatic heterocycles. The Labute approximate surface area is 129 Å². The van der Waals surface area contributed by atoms with Gasteiger partial charge in [0.05, 0.1) is 5.56 Å². The zero-order valence-electron chi connectivity index (χ0n) is 10.9. The van der Waals surface area contributed by atoms with Crippen molar-refractivity contribution in [3.63, 3.8) is 0 Å². The topological polar surface area (TPSA) is 62.2 Å². The van der Waals surface area contributed by atoms with Crippen LogP contribution in [0.5, 0.6) is 5.75 Å². The van der Waals surface area contributed by atoms with Crippen LogP contribution in [0.3, 0.4) is 0 Å². The van der Waals surface area contributed by atoms with Gasteiger partial charge in [0.2, 0.25) is 0 Å². The van der Waals surface area contributed by atoms with Gasteiger partial charge in [-0.15, -0.1) is 0 Å². The molecule has 4 nitrogen and oxygen atoms in total. The second-order valence-electron chi connectivity index (χ2n) is 4.47. The number of phenolic OH excluding ortho intramolecular Hbond substituents is 1. The number of nitrogens with zero attached hydrogens (tertiary/aromatic N) is 1. The van der Waals surface area contributed by atoms with Crippen molar-refractivity contribution in [3.05, 3.63) is 64.9 Å². The molecule has 0 aliphatic carbocycles. The van der Waals surface area contributed by atoms with E-state index >= 15 is 0 Å². The van der Waals surface area contributed by atoms with Gasteiger partial charge in [0.25, 0.3) is 5.91 Å². The van der Waals surface area contributed by atoms with Crippen LogP contribution in [0.15, 0.2) is 59.3 Å². The lowest BCUT2D eigenvalue weighted by atomic mass is 10.1. The van der Waals surface area contributed by atoms with Crippen molar-refractivity contribution in [2.45, 2.75) is 0 Å². The molecule has 0 aliphatic rings. The molecule has 0 aliphatic heterocycles. The molecule has 2 N–H and O–H groups in total. The highest BCUT2D eigenvalue weighted by Gasteiger charge is 2.12. The Hall–Kier alpha value is -2.40. The maximum Gasteiger partial charge on any atom is 0.258 e. The number of hydrogen-bond donors (Lipinski definition) is 2. The zero-order valence-corrected chi connectivity index (χ0v) is 12.5. The van der Waals surface area contributed by atoms with Crippen LogP contribution in [0.25, 0.3) is 10.8 Å². The molecule has 3 rings (SSSR count). The minimum Gasteiger partial charge on any atom is -0.507 e. The molecule has 5 heteroatoms. The summed E-state index contributed by atoms with van der Waals surface area (Å²) in [5, 5.41) is 14.2. The monoisotopic (exact) mass is 342 g/mol. The second kappa shape index (κ2) is 5.54. The van der Waals surface area contributed by atoms with E-state index in [2.05, 4.69) is 26.2 Å². The average molecular weight is 343 g/mol. The Morgan fingerprint density at radius 1 is 1.05 bits per heavy atom. The summed E-state index contributed by atoms with van der Waals surface area (Å²) < 4.78 is 0.491. The van der Waals surface area contributed by atoms with Gasteiger partial charge in [0, 0.05) is 22.7 Å². The molecule has 1 amide bonds. The maximum atomic E-state index is 12.3. The Balaban J connectivity index is 2.01. The molecule has 0 spiro atoms. The molecule has 0 fully saturated rings. The summed E-state index contributed by atoms with van der Waals surface area (Å²) in [4.78, 5) is 16.4. The van der Waals surface area contributed by atoms with Crippen molar-refractivity contribution in [1.29, 1.82) is 0 Å². The number of benzene rings is 2. The first kappa shape index (κ1) is 13.6. The molecule has 0 atom stereocenters. The lowest BCUT2D eigenvalue weighted by Gasteiger charge is -2.10. The van der Waals surface area contributed by atoms with Crippen molar-refractivity contribution >= 4 is 38.3 Å². The average Bonchev–Trinajstić information content (AvgIpc) is 2.49. The van der Waals surface area contributed by atoms with E-state index in [1.807, 2.05) is 6.07 Å². The highest BCUT2D eigenvalue weighted by molar-refractivity contribution is 9.10. The molecule has 0 saturated heterocycles. The number of nitrogens with one attached hydrogen (secondary N) is 1. The normalized spacial score (nSPS) is 10.5. The lowest BCUT2D eigenvalue weighted by Crippen LogP contribution is -2.13. The Bertz CT molecular complexity index is 833. The first-order valence-corrected chi connectivity index (χ1v) is 7.08. The molecule has 21 heavy (non-hydrogen) atoms.